The molecular formula is C19H22N4O. The van der Waals surface area contributed by atoms with Gasteiger partial charge in [0, 0.05) is 29.4 Å². The third-order valence-corrected chi connectivity index (χ3v) is 4.06. The smallest absolute Gasteiger partial charge is 0.160 e. The Balaban J connectivity index is 1.90. The first-order valence-electron chi connectivity index (χ1n) is 8.14. The van der Waals surface area contributed by atoms with Gasteiger partial charge >= 0.3 is 0 Å². The van der Waals surface area contributed by atoms with Crippen molar-refractivity contribution in [3.63, 3.8) is 0 Å². The molecule has 24 heavy (non-hydrogen) atoms. The largest absolute Gasteiger partial charge is 0.366 e. The second-order valence-electron chi connectivity index (χ2n) is 6.38. The summed E-state index contributed by atoms with van der Waals surface area (Å²) < 4.78 is 1.84. The van der Waals surface area contributed by atoms with E-state index in [1.54, 1.807) is 6.92 Å². The molecule has 5 heteroatoms. The van der Waals surface area contributed by atoms with Crippen molar-refractivity contribution in [3.05, 3.63) is 58.9 Å². The van der Waals surface area contributed by atoms with E-state index in [1.807, 2.05) is 48.0 Å². The van der Waals surface area contributed by atoms with Crippen LogP contribution in [0.2, 0.25) is 0 Å². The molecule has 2 heterocycles. The van der Waals surface area contributed by atoms with Crippen LogP contribution in [-0.4, -0.2) is 20.4 Å². The van der Waals surface area contributed by atoms with Crippen molar-refractivity contribution in [1.29, 1.82) is 0 Å². The highest BCUT2D eigenvalue weighted by atomic mass is 16.1. The number of aryl methyl sites for hydroxylation is 1. The number of carbonyl (C=O) groups is 1. The fourth-order valence-electron chi connectivity index (χ4n) is 2.73. The minimum Gasteiger partial charge on any atom is -0.366 e. The van der Waals surface area contributed by atoms with E-state index in [0.717, 1.165) is 33.8 Å². The molecule has 5 nitrogen and oxygen atoms in total. The maximum Gasteiger partial charge on any atom is 0.160 e. The van der Waals surface area contributed by atoms with Crippen molar-refractivity contribution < 1.29 is 4.79 Å². The maximum atomic E-state index is 11.5. The number of nitrogens with zero attached hydrogens (tertiary/aromatic N) is 3. The number of ketones is 1. The van der Waals surface area contributed by atoms with Crippen LogP contribution in [0.15, 0.2) is 36.5 Å². The van der Waals surface area contributed by atoms with Gasteiger partial charge in [-0.1, -0.05) is 32.0 Å². The highest BCUT2D eigenvalue weighted by Gasteiger charge is 2.12. The Morgan fingerprint density at radius 2 is 2.08 bits per heavy atom. The zero-order valence-electron chi connectivity index (χ0n) is 14.5. The normalized spacial score (nSPS) is 11.2. The van der Waals surface area contributed by atoms with E-state index in [0.29, 0.717) is 12.5 Å². The Hall–Kier alpha value is -2.69. The molecule has 0 unspecified atom stereocenters. The predicted octanol–water partition coefficient (Wildman–Crippen LogP) is 3.98. The van der Waals surface area contributed by atoms with Gasteiger partial charge in [0.15, 0.2) is 11.4 Å². The number of nitrogens with one attached hydrogen (secondary N) is 1. The van der Waals surface area contributed by atoms with E-state index >= 15 is 0 Å². The quantitative estimate of drug-likeness (QED) is 0.722. The summed E-state index contributed by atoms with van der Waals surface area (Å²) in [6.07, 6.45) is 1.88. The lowest BCUT2D eigenvalue weighted by Gasteiger charge is -2.11. The number of benzene rings is 1. The zero-order chi connectivity index (χ0) is 17.3. The van der Waals surface area contributed by atoms with Crippen molar-refractivity contribution in [1.82, 2.24) is 14.6 Å². The van der Waals surface area contributed by atoms with Crippen LogP contribution in [0.4, 0.5) is 5.82 Å². The molecule has 0 fully saturated rings. The lowest BCUT2D eigenvalue weighted by atomic mass is 10.1. The predicted molar refractivity (Wildman–Crippen MR) is 95.6 cm³/mol. The average molecular weight is 322 g/mol. The van der Waals surface area contributed by atoms with Gasteiger partial charge in [0.1, 0.15) is 5.82 Å². The third-order valence-electron chi connectivity index (χ3n) is 4.06. The Morgan fingerprint density at radius 1 is 1.29 bits per heavy atom. The minimum atomic E-state index is 0.0765. The lowest BCUT2D eigenvalue weighted by molar-refractivity contribution is 0.101. The molecule has 0 saturated carbocycles. The van der Waals surface area contributed by atoms with Crippen LogP contribution in [0.5, 0.6) is 0 Å². The molecule has 0 aliphatic rings. The summed E-state index contributed by atoms with van der Waals surface area (Å²) in [7, 11) is 0. The topological polar surface area (TPSA) is 59.3 Å². The van der Waals surface area contributed by atoms with Crippen LogP contribution >= 0.6 is 0 Å². The number of carbonyl (C=O) groups excluding carboxylic acids is 1. The molecule has 0 radical (unpaired) electrons. The van der Waals surface area contributed by atoms with Crippen molar-refractivity contribution >= 4 is 17.2 Å². The molecule has 0 aliphatic carbocycles. The summed E-state index contributed by atoms with van der Waals surface area (Å²) >= 11 is 0. The summed E-state index contributed by atoms with van der Waals surface area (Å²) in [4.78, 5) is 16.1. The van der Waals surface area contributed by atoms with Gasteiger partial charge in [0.05, 0.1) is 6.20 Å². The van der Waals surface area contributed by atoms with Crippen LogP contribution in [0.3, 0.4) is 0 Å². The van der Waals surface area contributed by atoms with Crippen LogP contribution in [0.1, 0.15) is 53.9 Å². The van der Waals surface area contributed by atoms with Crippen molar-refractivity contribution in [2.45, 2.75) is 40.2 Å². The second kappa shape index (κ2) is 6.43. The lowest BCUT2D eigenvalue weighted by Crippen LogP contribution is -2.07. The molecule has 3 rings (SSSR count). The van der Waals surface area contributed by atoms with E-state index < -0.39 is 0 Å². The Morgan fingerprint density at radius 3 is 2.79 bits per heavy atom. The zero-order valence-corrected chi connectivity index (χ0v) is 14.5. The first kappa shape index (κ1) is 16.2. The monoisotopic (exact) mass is 322 g/mol. The molecule has 0 bridgehead atoms. The third kappa shape index (κ3) is 3.15. The van der Waals surface area contributed by atoms with Crippen molar-refractivity contribution in [2.24, 2.45) is 0 Å². The molecule has 0 spiro atoms. The molecular weight excluding hydrogens is 300 g/mol. The number of anilines is 1. The molecule has 0 aliphatic heterocycles. The van der Waals surface area contributed by atoms with Gasteiger partial charge in [0.2, 0.25) is 0 Å². The molecule has 124 valence electrons. The van der Waals surface area contributed by atoms with Gasteiger partial charge in [-0.25, -0.2) is 4.98 Å². The number of hydrogen-bond acceptors (Lipinski definition) is 4. The van der Waals surface area contributed by atoms with Gasteiger partial charge in [-0.15, -0.1) is 0 Å². The van der Waals surface area contributed by atoms with Gasteiger partial charge < -0.3 is 5.32 Å². The second-order valence-corrected chi connectivity index (χ2v) is 6.38. The summed E-state index contributed by atoms with van der Waals surface area (Å²) in [5.41, 5.74) is 4.77. The van der Waals surface area contributed by atoms with Crippen LogP contribution in [0, 0.1) is 6.92 Å². The van der Waals surface area contributed by atoms with Gasteiger partial charge in [-0.2, -0.15) is 9.61 Å². The van der Waals surface area contributed by atoms with Crippen molar-refractivity contribution in [3.8, 4) is 0 Å². The van der Waals surface area contributed by atoms with E-state index in [4.69, 9.17) is 0 Å². The average Bonchev–Trinajstić information content (AvgIpc) is 2.96. The Kier molecular flexibility index (Phi) is 4.34. The van der Waals surface area contributed by atoms with Crippen molar-refractivity contribution in [2.75, 3.05) is 5.32 Å². The minimum absolute atomic E-state index is 0.0765. The molecule has 0 amide bonds. The Bertz CT molecular complexity index is 896. The van der Waals surface area contributed by atoms with Crippen LogP contribution < -0.4 is 5.32 Å². The molecule has 2 aromatic heterocycles. The number of fused-ring (bicyclic) bond motifs is 1. The highest BCUT2D eigenvalue weighted by molar-refractivity contribution is 5.94. The Labute approximate surface area is 141 Å². The maximum absolute atomic E-state index is 11.5. The van der Waals surface area contributed by atoms with E-state index in [2.05, 4.69) is 29.2 Å². The SMILES string of the molecule is CC(=O)c1cccc(CNc2cc(C)nc3c(C(C)C)cnn23)c1. The molecule has 1 N–H and O–H groups in total. The number of rotatable bonds is 5. The van der Waals surface area contributed by atoms with Gasteiger partial charge in [0.25, 0.3) is 0 Å². The molecule has 1 aromatic carbocycles. The number of hydrogen-bond donors (Lipinski definition) is 1. The summed E-state index contributed by atoms with van der Waals surface area (Å²) in [6, 6.07) is 9.66. The fraction of sp³-hybridized carbons (Fsp3) is 0.316. The highest BCUT2D eigenvalue weighted by Crippen LogP contribution is 2.22. The fourth-order valence-corrected chi connectivity index (χ4v) is 2.73. The molecule has 0 saturated heterocycles. The summed E-state index contributed by atoms with van der Waals surface area (Å²) in [6.45, 7) is 8.47. The van der Waals surface area contributed by atoms with E-state index in [-0.39, 0.29) is 5.78 Å². The van der Waals surface area contributed by atoms with E-state index in [9.17, 15) is 4.79 Å². The molecule has 0 atom stereocenters. The first-order valence-corrected chi connectivity index (χ1v) is 8.14. The van der Waals surface area contributed by atoms with Crippen LogP contribution in [0.25, 0.3) is 5.65 Å². The standard InChI is InChI=1S/C19H22N4O/c1-12(2)17-11-21-23-18(8-13(3)22-19(17)23)20-10-15-6-5-7-16(9-15)14(4)24/h5-9,11-12,20H,10H2,1-4H3. The van der Waals surface area contributed by atoms with Gasteiger partial charge in [-0.05, 0) is 31.4 Å². The summed E-state index contributed by atoms with van der Waals surface area (Å²) in [5.74, 6) is 1.35. The number of aromatic nitrogens is 3. The van der Waals surface area contributed by atoms with E-state index in [1.165, 1.54) is 0 Å². The molecule has 3 aromatic rings. The van der Waals surface area contributed by atoms with Crippen LogP contribution in [-0.2, 0) is 6.54 Å². The first-order chi connectivity index (χ1) is 11.5. The summed E-state index contributed by atoms with van der Waals surface area (Å²) in [5, 5.41) is 7.89. The van der Waals surface area contributed by atoms with Gasteiger partial charge in [-0.3, -0.25) is 4.79 Å². The number of Topliss-reactive ketones (excluding diaryl/α,β-unsaturated/α-hetero) is 1.